The van der Waals surface area contributed by atoms with Gasteiger partial charge in [-0.05, 0) is 19.3 Å². The lowest BCUT2D eigenvalue weighted by Gasteiger charge is -2.40. The molecule has 7 atom stereocenters. The van der Waals surface area contributed by atoms with E-state index >= 15 is 0 Å². The van der Waals surface area contributed by atoms with E-state index in [0.717, 1.165) is 38.4 Å². The number of amides is 1. The molecule has 2 rings (SSSR count). The third-order valence-corrected chi connectivity index (χ3v) is 10.4. The largest absolute Gasteiger partial charge is 0.394 e. The molecule has 0 saturated carbocycles. The first-order valence-corrected chi connectivity index (χ1v) is 20.3. The number of ether oxygens (including phenoxy) is 3. The molecule has 2 fully saturated rings. The zero-order chi connectivity index (χ0) is 35.5. The van der Waals surface area contributed by atoms with E-state index in [1.54, 1.807) is 0 Å². The Morgan fingerprint density at radius 3 is 1.61 bits per heavy atom. The fourth-order valence-electron chi connectivity index (χ4n) is 6.96. The van der Waals surface area contributed by atoms with Crippen LogP contribution in [0.25, 0.3) is 0 Å². The smallest absolute Gasteiger partial charge is 0.220 e. The van der Waals surface area contributed by atoms with Crippen LogP contribution in [0.1, 0.15) is 167 Å². The van der Waals surface area contributed by atoms with Gasteiger partial charge in [0.15, 0.2) is 6.29 Å². The summed E-state index contributed by atoms with van der Waals surface area (Å²) >= 11 is 0. The second-order valence-corrected chi connectivity index (χ2v) is 14.9. The summed E-state index contributed by atoms with van der Waals surface area (Å²) in [6.45, 7) is 3.25. The Hall–Kier alpha value is -0.850. The molecule has 1 amide bonds. The van der Waals surface area contributed by atoms with Crippen molar-refractivity contribution in [1.82, 2.24) is 5.32 Å². The van der Waals surface area contributed by atoms with E-state index in [4.69, 9.17) is 14.2 Å². The molecule has 49 heavy (non-hydrogen) atoms. The van der Waals surface area contributed by atoms with Crippen molar-refractivity contribution in [1.29, 1.82) is 0 Å². The van der Waals surface area contributed by atoms with Gasteiger partial charge in [0, 0.05) is 12.3 Å². The molecule has 2 aliphatic heterocycles. The third-order valence-electron chi connectivity index (χ3n) is 10.4. The van der Waals surface area contributed by atoms with Gasteiger partial charge in [0.25, 0.3) is 0 Å². The molecule has 2 saturated heterocycles. The van der Waals surface area contributed by atoms with E-state index in [9.17, 15) is 30.3 Å². The first-order valence-electron chi connectivity index (χ1n) is 20.3. The van der Waals surface area contributed by atoms with Crippen LogP contribution in [0, 0.1) is 5.92 Å². The van der Waals surface area contributed by atoms with Gasteiger partial charge in [0.1, 0.15) is 24.4 Å². The first-order chi connectivity index (χ1) is 23.9. The summed E-state index contributed by atoms with van der Waals surface area (Å²) < 4.78 is 16.2. The van der Waals surface area contributed by atoms with Crippen LogP contribution in [0.15, 0.2) is 0 Å². The van der Waals surface area contributed by atoms with Gasteiger partial charge in [-0.25, -0.2) is 0 Å². The second-order valence-electron chi connectivity index (χ2n) is 14.9. The summed E-state index contributed by atoms with van der Waals surface area (Å²) in [6.07, 6.45) is 22.7. The summed E-state index contributed by atoms with van der Waals surface area (Å²) in [5, 5.41) is 53.0. The summed E-state index contributed by atoms with van der Waals surface area (Å²) in [6, 6.07) is -0.711. The van der Waals surface area contributed by atoms with E-state index in [2.05, 4.69) is 5.32 Å². The SMILES string of the molecule is CCC[C@@H](O)[C@H](COC1OC(CO)C(O)C(O)C1O)NC(=O)CCCCCCCCCCCCCCCCCCCCCCCC1COC1. The van der Waals surface area contributed by atoms with Gasteiger partial charge in [-0.2, -0.15) is 0 Å². The average Bonchev–Trinajstić information content (AvgIpc) is 3.07. The molecule has 0 bridgehead atoms. The van der Waals surface area contributed by atoms with Crippen molar-refractivity contribution in [3.05, 3.63) is 0 Å². The molecule has 0 aromatic carbocycles. The monoisotopic (exact) mass is 702 g/mol. The van der Waals surface area contributed by atoms with Crippen LogP contribution in [0.3, 0.4) is 0 Å². The van der Waals surface area contributed by atoms with Crippen LogP contribution in [0.2, 0.25) is 0 Å². The Labute approximate surface area is 298 Å². The van der Waals surface area contributed by atoms with E-state index < -0.39 is 49.5 Å². The average molecular weight is 702 g/mol. The van der Waals surface area contributed by atoms with Crippen LogP contribution in [0.4, 0.5) is 0 Å². The van der Waals surface area contributed by atoms with Gasteiger partial charge in [-0.3, -0.25) is 4.79 Å². The van der Waals surface area contributed by atoms with Gasteiger partial charge in [0.05, 0.1) is 38.6 Å². The maximum Gasteiger partial charge on any atom is 0.220 e. The highest BCUT2D eigenvalue weighted by Crippen LogP contribution is 2.23. The number of carbonyl (C=O) groups is 1. The molecule has 0 aliphatic carbocycles. The fourth-order valence-corrected chi connectivity index (χ4v) is 6.96. The van der Waals surface area contributed by atoms with Crippen LogP contribution in [-0.4, -0.2) is 101 Å². The Balaban J connectivity index is 1.37. The zero-order valence-electron chi connectivity index (χ0n) is 31.0. The van der Waals surface area contributed by atoms with Crippen molar-refractivity contribution in [2.75, 3.05) is 26.4 Å². The maximum atomic E-state index is 12.6. The summed E-state index contributed by atoms with van der Waals surface area (Å²) in [4.78, 5) is 12.6. The van der Waals surface area contributed by atoms with Gasteiger partial charge in [-0.15, -0.1) is 0 Å². The molecule has 6 N–H and O–H groups in total. The van der Waals surface area contributed by atoms with Crippen molar-refractivity contribution in [3.63, 3.8) is 0 Å². The highest BCUT2D eigenvalue weighted by molar-refractivity contribution is 5.76. The predicted octanol–water partition coefficient (Wildman–Crippen LogP) is 6.07. The second kappa shape index (κ2) is 28.7. The lowest BCUT2D eigenvalue weighted by Crippen LogP contribution is -2.60. The van der Waals surface area contributed by atoms with E-state index in [-0.39, 0.29) is 12.5 Å². The number of unbranched alkanes of at least 4 members (excludes halogenated alkanes) is 20. The van der Waals surface area contributed by atoms with E-state index in [0.29, 0.717) is 19.3 Å². The Morgan fingerprint density at radius 1 is 0.714 bits per heavy atom. The molecule has 10 nitrogen and oxygen atoms in total. The quantitative estimate of drug-likeness (QED) is 0.0458. The minimum Gasteiger partial charge on any atom is -0.394 e. The number of rotatable bonds is 32. The summed E-state index contributed by atoms with van der Waals surface area (Å²) in [5.74, 6) is 0.707. The lowest BCUT2D eigenvalue weighted by atomic mass is 9.98. The number of aliphatic hydroxyl groups is 5. The number of aliphatic hydroxyl groups excluding tert-OH is 5. The van der Waals surface area contributed by atoms with Crippen molar-refractivity contribution >= 4 is 5.91 Å². The molecule has 2 aliphatic rings. The minimum absolute atomic E-state index is 0.145. The highest BCUT2D eigenvalue weighted by Gasteiger charge is 2.44. The van der Waals surface area contributed by atoms with Crippen LogP contribution in [-0.2, 0) is 19.0 Å². The van der Waals surface area contributed by atoms with Crippen molar-refractivity contribution in [2.45, 2.75) is 210 Å². The van der Waals surface area contributed by atoms with Crippen LogP contribution >= 0.6 is 0 Å². The highest BCUT2D eigenvalue weighted by atomic mass is 16.7. The normalized spacial score (nSPS) is 24.1. The minimum atomic E-state index is -1.54. The van der Waals surface area contributed by atoms with Gasteiger partial charge >= 0.3 is 0 Å². The number of carbonyl (C=O) groups excluding carboxylic acids is 1. The van der Waals surface area contributed by atoms with Crippen molar-refractivity contribution in [3.8, 4) is 0 Å². The predicted molar refractivity (Wildman–Crippen MR) is 193 cm³/mol. The van der Waals surface area contributed by atoms with Crippen molar-refractivity contribution in [2.24, 2.45) is 5.92 Å². The fraction of sp³-hybridized carbons (Fsp3) is 0.974. The number of hydrogen-bond donors (Lipinski definition) is 6. The molecule has 0 aromatic rings. The molecular weight excluding hydrogens is 626 g/mol. The number of hydrogen-bond acceptors (Lipinski definition) is 9. The first kappa shape index (κ1) is 44.3. The van der Waals surface area contributed by atoms with E-state index in [1.807, 2.05) is 6.92 Å². The zero-order valence-corrected chi connectivity index (χ0v) is 31.0. The molecule has 0 spiro atoms. The van der Waals surface area contributed by atoms with Crippen molar-refractivity contribution < 1.29 is 44.5 Å². The van der Waals surface area contributed by atoms with Crippen LogP contribution in [0.5, 0.6) is 0 Å². The Bertz CT molecular complexity index is 784. The topological polar surface area (TPSA) is 158 Å². The standard InChI is InChI=1S/C39H75NO9/c1-2-24-33(42)32(30-48-39-38(46)37(45)36(44)34(27-41)49-39)40-35(43)26-23-21-19-17-15-13-11-9-7-5-3-4-6-8-10-12-14-16-18-20-22-25-31-28-47-29-31/h31-34,36-39,41-42,44-46H,2-30H2,1H3,(H,40,43)/t32-,33+,34?,36?,37?,38?,39?/m0/s1. The number of nitrogens with one attached hydrogen (secondary N) is 1. The molecule has 0 radical (unpaired) electrons. The van der Waals surface area contributed by atoms with Crippen LogP contribution < -0.4 is 5.32 Å². The van der Waals surface area contributed by atoms with Gasteiger partial charge in [0.2, 0.25) is 5.91 Å². The Kier molecular flexibility index (Phi) is 26.0. The Morgan fingerprint density at radius 2 is 1.18 bits per heavy atom. The molecule has 5 unspecified atom stereocenters. The molecule has 290 valence electrons. The molecule has 2 heterocycles. The molecule has 10 heteroatoms. The van der Waals surface area contributed by atoms with E-state index in [1.165, 1.54) is 122 Å². The maximum absolute atomic E-state index is 12.6. The van der Waals surface area contributed by atoms with Gasteiger partial charge in [-0.1, -0.05) is 142 Å². The van der Waals surface area contributed by atoms with Gasteiger partial charge < -0.3 is 45.1 Å². The molecule has 0 aromatic heterocycles. The lowest BCUT2D eigenvalue weighted by molar-refractivity contribution is -0.302. The molecular formula is C39H75NO9. The summed E-state index contributed by atoms with van der Waals surface area (Å²) in [5.41, 5.74) is 0. The third kappa shape index (κ3) is 20.1. The summed E-state index contributed by atoms with van der Waals surface area (Å²) in [7, 11) is 0.